The van der Waals surface area contributed by atoms with E-state index in [2.05, 4.69) is 10.2 Å². The number of sulfonamides is 1. The topological polar surface area (TPSA) is 157 Å². The Morgan fingerprint density at radius 1 is 1.18 bits per heavy atom. The highest BCUT2D eigenvalue weighted by Gasteiger charge is 2.31. The molecule has 4 aromatic rings. The van der Waals surface area contributed by atoms with Gasteiger partial charge in [-0.15, -0.1) is 10.2 Å². The van der Waals surface area contributed by atoms with Gasteiger partial charge in [0, 0.05) is 29.1 Å². The van der Waals surface area contributed by atoms with Crippen molar-refractivity contribution in [2.24, 2.45) is 17.3 Å². The number of halogens is 1. The molecule has 1 aromatic heterocycles. The number of anilines is 1. The van der Waals surface area contributed by atoms with Crippen molar-refractivity contribution in [1.29, 1.82) is 0 Å². The SMILES string of the molecule is COc1ccc(Cl)cc1N(CC(=O)N=Nc1c(O)n(C)c2ccccc12)S(=O)(=O)c1ccc(C)c([N+](=O)[O-])c1. The second-order valence-electron chi connectivity index (χ2n) is 8.38. The molecule has 39 heavy (non-hydrogen) atoms. The molecular formula is C25H22ClN5O7S. The number of aromatic nitrogens is 1. The lowest BCUT2D eigenvalue weighted by Crippen LogP contribution is -2.35. The monoisotopic (exact) mass is 571 g/mol. The van der Waals surface area contributed by atoms with Crippen LogP contribution in [0, 0.1) is 17.0 Å². The Kier molecular flexibility index (Phi) is 7.56. The summed E-state index contributed by atoms with van der Waals surface area (Å²) in [6.45, 7) is 0.620. The number of fused-ring (bicyclic) bond motifs is 1. The van der Waals surface area contributed by atoms with E-state index in [1.54, 1.807) is 31.3 Å². The summed E-state index contributed by atoms with van der Waals surface area (Å²) >= 11 is 6.13. The Morgan fingerprint density at radius 3 is 2.59 bits per heavy atom. The highest BCUT2D eigenvalue weighted by atomic mass is 35.5. The summed E-state index contributed by atoms with van der Waals surface area (Å²) in [5, 5.41) is 30.2. The molecule has 0 fully saturated rings. The van der Waals surface area contributed by atoms with E-state index in [4.69, 9.17) is 16.3 Å². The Morgan fingerprint density at radius 2 is 1.90 bits per heavy atom. The number of aromatic hydroxyl groups is 1. The van der Waals surface area contributed by atoms with Crippen molar-refractivity contribution in [2.75, 3.05) is 18.0 Å². The Bertz CT molecular complexity index is 1750. The van der Waals surface area contributed by atoms with Gasteiger partial charge < -0.3 is 14.4 Å². The number of nitrogens with zero attached hydrogens (tertiary/aromatic N) is 5. The number of para-hydroxylation sites is 1. The van der Waals surface area contributed by atoms with Crippen LogP contribution in [-0.2, 0) is 21.9 Å². The summed E-state index contributed by atoms with van der Waals surface area (Å²) < 4.78 is 35.0. The third-order valence-corrected chi connectivity index (χ3v) is 7.96. The summed E-state index contributed by atoms with van der Waals surface area (Å²) in [7, 11) is -1.66. The summed E-state index contributed by atoms with van der Waals surface area (Å²) in [5.74, 6) is -1.16. The van der Waals surface area contributed by atoms with E-state index < -0.39 is 38.0 Å². The van der Waals surface area contributed by atoms with E-state index in [9.17, 15) is 28.4 Å². The molecule has 1 amide bonds. The number of amides is 1. The maximum absolute atomic E-state index is 13.8. The minimum Gasteiger partial charge on any atom is -0.495 e. The van der Waals surface area contributed by atoms with Gasteiger partial charge in [-0.2, -0.15) is 0 Å². The number of hydrogen-bond acceptors (Lipinski definition) is 8. The quantitative estimate of drug-likeness (QED) is 0.171. The number of methoxy groups -OCH3 is 1. The van der Waals surface area contributed by atoms with Gasteiger partial charge in [0.15, 0.2) is 5.69 Å². The first-order valence-electron chi connectivity index (χ1n) is 11.3. The molecule has 0 atom stereocenters. The Hall–Kier alpha value is -4.49. The molecule has 0 radical (unpaired) electrons. The van der Waals surface area contributed by atoms with Crippen molar-refractivity contribution in [3.63, 3.8) is 0 Å². The maximum Gasteiger partial charge on any atom is 0.285 e. The average molecular weight is 572 g/mol. The number of ether oxygens (including phenoxy) is 1. The fraction of sp³-hybridized carbons (Fsp3) is 0.160. The summed E-state index contributed by atoms with van der Waals surface area (Å²) in [4.78, 5) is 23.3. The van der Waals surface area contributed by atoms with Crippen molar-refractivity contribution >= 4 is 55.5 Å². The average Bonchev–Trinajstić information content (AvgIpc) is 3.15. The molecule has 202 valence electrons. The van der Waals surface area contributed by atoms with Gasteiger partial charge in [0.05, 0.1) is 28.1 Å². The second kappa shape index (κ2) is 10.7. The van der Waals surface area contributed by atoms with E-state index >= 15 is 0 Å². The molecule has 0 aliphatic carbocycles. The number of benzene rings is 3. The van der Waals surface area contributed by atoms with Crippen LogP contribution in [0.4, 0.5) is 17.1 Å². The summed E-state index contributed by atoms with van der Waals surface area (Å²) in [6.07, 6.45) is 0. The lowest BCUT2D eigenvalue weighted by atomic mass is 10.2. The molecule has 0 unspecified atom stereocenters. The van der Waals surface area contributed by atoms with E-state index in [0.29, 0.717) is 15.2 Å². The molecule has 3 aromatic carbocycles. The van der Waals surface area contributed by atoms with Gasteiger partial charge in [-0.05, 0) is 37.3 Å². The lowest BCUT2D eigenvalue weighted by molar-refractivity contribution is -0.385. The number of nitro benzene ring substituents is 1. The van der Waals surface area contributed by atoms with Crippen LogP contribution in [0.15, 0.2) is 75.8 Å². The Balaban J connectivity index is 1.79. The molecule has 1 N–H and O–H groups in total. The molecule has 0 aliphatic heterocycles. The third kappa shape index (κ3) is 5.26. The molecule has 1 heterocycles. The summed E-state index contributed by atoms with van der Waals surface area (Å²) in [6, 6.07) is 14.5. The zero-order chi connectivity index (χ0) is 28.5. The number of carbonyl (C=O) groups excluding carboxylic acids is 1. The maximum atomic E-state index is 13.8. The van der Waals surface area contributed by atoms with Gasteiger partial charge >= 0.3 is 0 Å². The fourth-order valence-electron chi connectivity index (χ4n) is 3.95. The number of rotatable bonds is 8. The van der Waals surface area contributed by atoms with Crippen molar-refractivity contribution < 1.29 is 28.0 Å². The van der Waals surface area contributed by atoms with Crippen molar-refractivity contribution in [2.45, 2.75) is 11.8 Å². The van der Waals surface area contributed by atoms with Crippen LogP contribution in [0.5, 0.6) is 11.6 Å². The smallest absolute Gasteiger partial charge is 0.285 e. The molecule has 0 aliphatic rings. The first kappa shape index (κ1) is 27.5. The minimum absolute atomic E-state index is 0.0327. The van der Waals surface area contributed by atoms with Crippen LogP contribution in [0.1, 0.15) is 5.56 Å². The van der Waals surface area contributed by atoms with Crippen LogP contribution in [0.3, 0.4) is 0 Å². The summed E-state index contributed by atoms with van der Waals surface area (Å²) in [5.41, 5.74) is 0.428. The van der Waals surface area contributed by atoms with Crippen molar-refractivity contribution in [3.8, 4) is 11.6 Å². The third-order valence-electron chi connectivity index (χ3n) is 5.97. The van der Waals surface area contributed by atoms with E-state index in [-0.39, 0.29) is 33.6 Å². The number of aryl methyl sites for hydroxylation is 2. The van der Waals surface area contributed by atoms with Crippen LogP contribution < -0.4 is 9.04 Å². The zero-order valence-corrected chi connectivity index (χ0v) is 22.5. The largest absolute Gasteiger partial charge is 0.495 e. The predicted octanol–water partition coefficient (Wildman–Crippen LogP) is 5.27. The van der Waals surface area contributed by atoms with Crippen LogP contribution >= 0.6 is 11.6 Å². The highest BCUT2D eigenvalue weighted by Crippen LogP contribution is 2.38. The van der Waals surface area contributed by atoms with Crippen LogP contribution in [-0.4, -0.2) is 42.6 Å². The fourth-order valence-corrected chi connectivity index (χ4v) is 5.55. The molecular weight excluding hydrogens is 550 g/mol. The first-order valence-corrected chi connectivity index (χ1v) is 13.1. The van der Waals surface area contributed by atoms with Crippen molar-refractivity contribution in [1.82, 2.24) is 4.57 Å². The minimum atomic E-state index is -4.58. The van der Waals surface area contributed by atoms with Gasteiger partial charge in [0.25, 0.3) is 21.6 Å². The van der Waals surface area contributed by atoms with Gasteiger partial charge in [-0.25, -0.2) is 8.42 Å². The normalized spacial score (nSPS) is 11.7. The van der Waals surface area contributed by atoms with Crippen LogP contribution in [0.25, 0.3) is 10.9 Å². The molecule has 0 bridgehead atoms. The number of nitro groups is 1. The van der Waals surface area contributed by atoms with Gasteiger partial charge in [-0.1, -0.05) is 35.9 Å². The van der Waals surface area contributed by atoms with Gasteiger partial charge in [0.1, 0.15) is 12.3 Å². The van der Waals surface area contributed by atoms with Crippen molar-refractivity contribution in [3.05, 3.63) is 81.4 Å². The predicted molar refractivity (Wildman–Crippen MR) is 144 cm³/mol. The van der Waals surface area contributed by atoms with E-state index in [1.165, 1.54) is 48.9 Å². The van der Waals surface area contributed by atoms with Gasteiger partial charge in [0.2, 0.25) is 5.88 Å². The molecule has 14 heteroatoms. The molecule has 0 saturated heterocycles. The standard InChI is InChI=1S/C25H22ClN5O7S/c1-15-8-10-17(13-20(15)31(34)35)39(36,37)30(21-12-16(26)9-11-22(21)38-3)14-23(32)27-28-24-18-6-4-5-7-19(18)29(2)25(24)33/h4-13,33H,14H2,1-3H3. The number of hydrogen-bond donors (Lipinski definition) is 1. The molecule has 12 nitrogen and oxygen atoms in total. The Labute approximate surface area is 227 Å². The highest BCUT2D eigenvalue weighted by molar-refractivity contribution is 7.92. The molecule has 0 spiro atoms. The second-order valence-corrected chi connectivity index (χ2v) is 10.7. The van der Waals surface area contributed by atoms with E-state index in [0.717, 1.165) is 6.07 Å². The van der Waals surface area contributed by atoms with Gasteiger partial charge in [-0.3, -0.25) is 19.2 Å². The molecule has 4 rings (SSSR count). The van der Waals surface area contributed by atoms with E-state index in [1.807, 2.05) is 0 Å². The zero-order valence-electron chi connectivity index (χ0n) is 20.9. The number of carbonyl (C=O) groups is 1. The number of azo groups is 1. The molecule has 0 saturated carbocycles. The first-order chi connectivity index (χ1) is 18.4. The van der Waals surface area contributed by atoms with Crippen LogP contribution in [0.2, 0.25) is 5.02 Å². The lowest BCUT2D eigenvalue weighted by Gasteiger charge is -2.25.